The van der Waals surface area contributed by atoms with Crippen molar-refractivity contribution in [2.75, 3.05) is 19.7 Å². The number of hydrogen-bond donors (Lipinski definition) is 0. The van der Waals surface area contributed by atoms with Crippen molar-refractivity contribution in [1.82, 2.24) is 9.88 Å². The number of benzene rings is 1. The second kappa shape index (κ2) is 10.6. The van der Waals surface area contributed by atoms with E-state index in [1.165, 1.54) is 24.2 Å². The maximum Gasteiger partial charge on any atom is 0.278 e. The Kier molecular flexibility index (Phi) is 7.51. The molecule has 0 spiro atoms. The predicted octanol–water partition coefficient (Wildman–Crippen LogP) is 6.03. The largest absolute Gasteiger partial charge is 0.464 e. The van der Waals surface area contributed by atoms with Crippen LogP contribution in [0.5, 0.6) is 5.19 Å². The van der Waals surface area contributed by atoms with Crippen LogP contribution in [0.4, 0.5) is 8.78 Å². The highest BCUT2D eigenvalue weighted by Gasteiger charge is 2.28. The van der Waals surface area contributed by atoms with Gasteiger partial charge in [0.25, 0.3) is 11.1 Å². The van der Waals surface area contributed by atoms with Gasteiger partial charge in [-0.1, -0.05) is 42.4 Å². The van der Waals surface area contributed by atoms with Gasteiger partial charge in [0.2, 0.25) is 0 Å². The lowest BCUT2D eigenvalue weighted by molar-refractivity contribution is -0.0230. The summed E-state index contributed by atoms with van der Waals surface area (Å²) in [5.74, 6) is -1.38. The van der Waals surface area contributed by atoms with Crippen molar-refractivity contribution in [3.8, 4) is 5.19 Å². The minimum Gasteiger partial charge on any atom is -0.464 e. The van der Waals surface area contributed by atoms with Gasteiger partial charge in [-0.15, -0.1) is 0 Å². The van der Waals surface area contributed by atoms with Gasteiger partial charge in [0.05, 0.1) is 18.9 Å². The molecule has 5 rings (SSSR count). The van der Waals surface area contributed by atoms with Crippen LogP contribution in [-0.2, 0) is 30.9 Å². The fraction of sp³-hybridized carbons (Fsp3) is 0.630. The maximum atomic E-state index is 13.1. The van der Waals surface area contributed by atoms with Crippen molar-refractivity contribution in [2.24, 2.45) is 11.8 Å². The zero-order valence-electron chi connectivity index (χ0n) is 20.4. The van der Waals surface area contributed by atoms with E-state index >= 15 is 0 Å². The van der Waals surface area contributed by atoms with Crippen LogP contribution >= 0.6 is 11.3 Å². The van der Waals surface area contributed by atoms with Gasteiger partial charge in [-0.3, -0.25) is 9.69 Å². The molecule has 2 aliphatic heterocycles. The maximum absolute atomic E-state index is 13.1. The molecule has 0 radical (unpaired) electrons. The number of fused-ring (bicyclic) bond motifs is 2. The number of ether oxygens (including phenoxy) is 2. The van der Waals surface area contributed by atoms with Gasteiger partial charge in [-0.05, 0) is 55.2 Å². The summed E-state index contributed by atoms with van der Waals surface area (Å²) in [7, 11) is 0. The zero-order valence-corrected chi connectivity index (χ0v) is 21.2. The van der Waals surface area contributed by atoms with E-state index in [1.54, 1.807) is 0 Å². The fourth-order valence-electron chi connectivity index (χ4n) is 5.60. The number of aromatic nitrogens is 1. The summed E-state index contributed by atoms with van der Waals surface area (Å²) in [6.45, 7) is 4.20. The van der Waals surface area contributed by atoms with Crippen molar-refractivity contribution < 1.29 is 23.0 Å². The highest BCUT2D eigenvalue weighted by atomic mass is 32.1. The summed E-state index contributed by atoms with van der Waals surface area (Å²) in [6.07, 6.45) is 7.34. The third-order valence-electron chi connectivity index (χ3n) is 7.61. The molecule has 1 aliphatic carbocycles. The highest BCUT2D eigenvalue weighted by Crippen LogP contribution is 2.35. The molecule has 0 amide bonds. The van der Waals surface area contributed by atoms with Crippen LogP contribution in [0.3, 0.4) is 0 Å². The van der Waals surface area contributed by atoms with Crippen LogP contribution in [0.1, 0.15) is 77.5 Å². The van der Waals surface area contributed by atoms with E-state index in [0.29, 0.717) is 36.7 Å². The van der Waals surface area contributed by atoms with Crippen LogP contribution in [0.25, 0.3) is 0 Å². The van der Waals surface area contributed by atoms with Crippen molar-refractivity contribution in [1.29, 1.82) is 0 Å². The van der Waals surface area contributed by atoms with E-state index in [9.17, 15) is 13.6 Å². The molecule has 5 nitrogen and oxygen atoms in total. The summed E-state index contributed by atoms with van der Waals surface area (Å²) in [4.78, 5) is 21.0. The molecule has 1 fully saturated rings. The number of rotatable bonds is 9. The van der Waals surface area contributed by atoms with Crippen LogP contribution in [-0.4, -0.2) is 41.3 Å². The van der Waals surface area contributed by atoms with E-state index < -0.39 is 12.5 Å². The third kappa shape index (κ3) is 6.27. The Hall–Kier alpha value is -1.90. The fourth-order valence-corrected chi connectivity index (χ4v) is 6.50. The molecule has 1 aromatic carbocycles. The molecule has 0 N–H and O–H groups in total. The molecule has 35 heavy (non-hydrogen) atoms. The van der Waals surface area contributed by atoms with Crippen LogP contribution in [0.15, 0.2) is 18.2 Å². The number of alkyl halides is 2. The van der Waals surface area contributed by atoms with E-state index in [0.717, 1.165) is 79.5 Å². The zero-order chi connectivity index (χ0) is 24.4. The van der Waals surface area contributed by atoms with E-state index in [-0.39, 0.29) is 5.78 Å². The quantitative estimate of drug-likeness (QED) is 0.390. The number of thiazole rings is 1. The Bertz CT molecular complexity index is 1040. The van der Waals surface area contributed by atoms with Gasteiger partial charge in [-0.25, -0.2) is 13.8 Å². The van der Waals surface area contributed by atoms with Gasteiger partial charge >= 0.3 is 0 Å². The minimum atomic E-state index is -2.85. The average molecular weight is 505 g/mol. The minimum absolute atomic E-state index is 0.272. The van der Waals surface area contributed by atoms with Crippen LogP contribution in [0, 0.1) is 11.8 Å². The molecule has 0 unspecified atom stereocenters. The molecule has 0 saturated heterocycles. The lowest BCUT2D eigenvalue weighted by Gasteiger charge is -2.31. The van der Waals surface area contributed by atoms with Crippen molar-refractivity contribution >= 4 is 17.1 Å². The average Bonchev–Trinajstić information content (AvgIpc) is 3.48. The molecule has 2 aromatic rings. The van der Waals surface area contributed by atoms with Crippen molar-refractivity contribution in [2.45, 2.75) is 77.6 Å². The molecule has 3 aliphatic rings. The first kappa shape index (κ1) is 24.8. The number of ketones is 1. The van der Waals surface area contributed by atoms with Crippen molar-refractivity contribution in [3.63, 3.8) is 0 Å². The van der Waals surface area contributed by atoms with Gasteiger partial charge in [0, 0.05) is 36.9 Å². The first-order chi connectivity index (χ1) is 16.8. The first-order valence-electron chi connectivity index (χ1n) is 12.8. The first-order valence-corrected chi connectivity index (χ1v) is 13.6. The lowest BCUT2D eigenvalue weighted by atomic mass is 9.77. The molecule has 8 heteroatoms. The molecule has 1 saturated carbocycles. The molecule has 3 heterocycles. The summed E-state index contributed by atoms with van der Waals surface area (Å²) in [5, 5.41) is 0.360. The Morgan fingerprint density at radius 2 is 2.03 bits per heavy atom. The lowest BCUT2D eigenvalue weighted by Crippen LogP contribution is -2.32. The Balaban J connectivity index is 1.04. The SMILES string of the molecule is CC(F)(F)COc1nc2c(s1)CCN(CCC1CCC(CC(=O)c3cccc4c3COC4)CC1)C2. The Labute approximate surface area is 209 Å². The number of nitrogens with zero attached hydrogens (tertiary/aromatic N) is 2. The molecular formula is C27H34F2N2O3S. The van der Waals surface area contributed by atoms with Gasteiger partial charge in [0.15, 0.2) is 12.4 Å². The number of carbonyl (C=O) groups is 1. The smallest absolute Gasteiger partial charge is 0.278 e. The summed E-state index contributed by atoms with van der Waals surface area (Å²) < 4.78 is 36.9. The van der Waals surface area contributed by atoms with E-state index in [2.05, 4.69) is 16.0 Å². The molecule has 0 atom stereocenters. The summed E-state index contributed by atoms with van der Waals surface area (Å²) >= 11 is 1.41. The molecular weight excluding hydrogens is 470 g/mol. The molecule has 190 valence electrons. The van der Waals surface area contributed by atoms with Crippen LogP contribution in [0.2, 0.25) is 0 Å². The third-order valence-corrected chi connectivity index (χ3v) is 8.68. The predicted molar refractivity (Wildman–Crippen MR) is 131 cm³/mol. The second-order valence-electron chi connectivity index (χ2n) is 10.5. The Morgan fingerprint density at radius 3 is 2.83 bits per heavy atom. The topological polar surface area (TPSA) is 51.7 Å². The number of Topliss-reactive ketones (excluding diaryl/α,β-unsaturated/α-hetero) is 1. The number of hydrogen-bond acceptors (Lipinski definition) is 6. The summed E-state index contributed by atoms with van der Waals surface area (Å²) in [6, 6.07) is 5.99. The van der Waals surface area contributed by atoms with Gasteiger partial charge < -0.3 is 9.47 Å². The van der Waals surface area contributed by atoms with Gasteiger partial charge in [-0.2, -0.15) is 0 Å². The monoisotopic (exact) mass is 504 g/mol. The highest BCUT2D eigenvalue weighted by molar-refractivity contribution is 7.13. The van der Waals surface area contributed by atoms with E-state index in [1.807, 2.05) is 12.1 Å². The summed E-state index contributed by atoms with van der Waals surface area (Å²) in [5.41, 5.74) is 4.10. The van der Waals surface area contributed by atoms with Crippen LogP contribution < -0.4 is 4.74 Å². The van der Waals surface area contributed by atoms with E-state index in [4.69, 9.17) is 9.47 Å². The standard InChI is InChI=1S/C27H34F2N2O3S/c1-27(28,29)17-34-26-30-23-14-31(12-10-25(23)35-26)11-9-18-5-7-19(8-6-18)13-24(32)21-4-2-3-20-15-33-16-22(20)21/h2-4,18-19H,5-17H2,1H3. The van der Waals surface area contributed by atoms with Gasteiger partial charge in [0.1, 0.15) is 0 Å². The molecule has 1 aromatic heterocycles. The second-order valence-corrected chi connectivity index (χ2v) is 11.5. The number of carbonyl (C=O) groups excluding carboxylic acids is 1. The normalized spacial score (nSPS) is 22.6. The Morgan fingerprint density at radius 1 is 1.23 bits per heavy atom. The number of halogens is 2. The van der Waals surface area contributed by atoms with Crippen molar-refractivity contribution in [3.05, 3.63) is 45.5 Å². The molecule has 0 bridgehead atoms.